The molecule has 0 fully saturated rings. The van der Waals surface area contributed by atoms with E-state index in [0.29, 0.717) is 17.7 Å². The van der Waals surface area contributed by atoms with E-state index in [1.165, 1.54) is 0 Å². The Labute approximate surface area is 103 Å². The van der Waals surface area contributed by atoms with Crippen molar-refractivity contribution in [3.8, 4) is 5.75 Å². The van der Waals surface area contributed by atoms with Crippen molar-refractivity contribution in [2.45, 2.75) is 33.2 Å². The van der Waals surface area contributed by atoms with Crippen LogP contribution in [0.5, 0.6) is 5.75 Å². The van der Waals surface area contributed by atoms with E-state index < -0.39 is 0 Å². The van der Waals surface area contributed by atoms with Gasteiger partial charge in [0.1, 0.15) is 12.4 Å². The Hall–Kier alpha value is -0.730. The van der Waals surface area contributed by atoms with Crippen LogP contribution in [-0.4, -0.2) is 19.2 Å². The molecule has 0 aromatic heterocycles. The van der Waals surface area contributed by atoms with Gasteiger partial charge < -0.3 is 10.1 Å². The number of hydrogen-bond donors (Lipinski definition) is 1. The maximum absolute atomic E-state index is 6.07. The highest BCUT2D eigenvalue weighted by atomic mass is 35.5. The van der Waals surface area contributed by atoms with E-state index in [1.54, 1.807) is 0 Å². The van der Waals surface area contributed by atoms with Crippen LogP contribution in [0, 0.1) is 6.92 Å². The van der Waals surface area contributed by atoms with E-state index in [2.05, 4.69) is 19.2 Å². The molecule has 1 rings (SSSR count). The van der Waals surface area contributed by atoms with Crippen LogP contribution >= 0.6 is 11.6 Å². The Morgan fingerprint density at radius 3 is 2.81 bits per heavy atom. The highest BCUT2D eigenvalue weighted by Crippen LogP contribution is 2.25. The third kappa shape index (κ3) is 4.42. The second kappa shape index (κ2) is 6.77. The normalized spacial score (nSPS) is 12.5. The zero-order valence-corrected chi connectivity index (χ0v) is 11.0. The molecule has 0 spiro atoms. The highest BCUT2D eigenvalue weighted by molar-refractivity contribution is 6.32. The van der Waals surface area contributed by atoms with Gasteiger partial charge in [-0.05, 0) is 44.5 Å². The van der Waals surface area contributed by atoms with E-state index in [-0.39, 0.29) is 0 Å². The Bertz CT molecular complexity index is 328. The van der Waals surface area contributed by atoms with Crippen LogP contribution in [-0.2, 0) is 0 Å². The van der Waals surface area contributed by atoms with Crippen molar-refractivity contribution in [3.63, 3.8) is 0 Å². The van der Waals surface area contributed by atoms with Crippen LogP contribution in [0.4, 0.5) is 0 Å². The molecule has 1 aromatic carbocycles. The number of rotatable bonds is 6. The zero-order valence-electron chi connectivity index (χ0n) is 10.2. The van der Waals surface area contributed by atoms with Gasteiger partial charge in [0.25, 0.3) is 0 Å². The Morgan fingerprint density at radius 1 is 1.44 bits per heavy atom. The first-order chi connectivity index (χ1) is 7.63. The van der Waals surface area contributed by atoms with Crippen molar-refractivity contribution in [1.29, 1.82) is 0 Å². The van der Waals surface area contributed by atoms with E-state index in [1.807, 2.05) is 25.1 Å². The number of hydrogen-bond acceptors (Lipinski definition) is 2. The minimum absolute atomic E-state index is 0.345. The van der Waals surface area contributed by atoms with Gasteiger partial charge in [-0.2, -0.15) is 0 Å². The molecule has 0 bridgehead atoms. The lowest BCUT2D eigenvalue weighted by atomic mass is 10.2. The summed E-state index contributed by atoms with van der Waals surface area (Å²) in [6.07, 6.45) is 1.13. The molecule has 0 saturated heterocycles. The lowest BCUT2D eigenvalue weighted by Crippen LogP contribution is -2.32. The average molecular weight is 242 g/mol. The Kier molecular flexibility index (Phi) is 5.64. The summed E-state index contributed by atoms with van der Waals surface area (Å²) in [7, 11) is 0. The highest BCUT2D eigenvalue weighted by Gasteiger charge is 2.04. The summed E-state index contributed by atoms with van der Waals surface area (Å²) in [5.41, 5.74) is 1.15. The summed E-state index contributed by atoms with van der Waals surface area (Å²) in [6.45, 7) is 7.94. The van der Waals surface area contributed by atoms with E-state index >= 15 is 0 Å². The van der Waals surface area contributed by atoms with Crippen molar-refractivity contribution >= 4 is 11.6 Å². The molecule has 1 aromatic rings. The van der Waals surface area contributed by atoms with Crippen molar-refractivity contribution in [1.82, 2.24) is 5.32 Å². The second-order valence-electron chi connectivity index (χ2n) is 4.10. The Balaban J connectivity index is 2.42. The lowest BCUT2D eigenvalue weighted by Gasteiger charge is -2.15. The molecule has 0 saturated carbocycles. The fourth-order valence-electron chi connectivity index (χ4n) is 1.39. The van der Waals surface area contributed by atoms with Crippen LogP contribution in [0.3, 0.4) is 0 Å². The minimum Gasteiger partial charge on any atom is -0.490 e. The molecule has 0 aliphatic carbocycles. The molecule has 16 heavy (non-hydrogen) atoms. The standard InChI is InChI=1S/C13H20ClNO/c1-4-7-15-11(3)9-16-13-6-5-10(2)8-12(13)14/h5-6,8,11,15H,4,7,9H2,1-3H3. The predicted molar refractivity (Wildman–Crippen MR) is 69.4 cm³/mol. The summed E-state index contributed by atoms with van der Waals surface area (Å²) < 4.78 is 5.66. The van der Waals surface area contributed by atoms with E-state index in [4.69, 9.17) is 16.3 Å². The molecule has 0 amide bonds. The van der Waals surface area contributed by atoms with Gasteiger partial charge in [0.05, 0.1) is 5.02 Å². The number of nitrogens with one attached hydrogen (secondary N) is 1. The van der Waals surface area contributed by atoms with Crippen molar-refractivity contribution in [3.05, 3.63) is 28.8 Å². The third-order valence-corrected chi connectivity index (χ3v) is 2.61. The van der Waals surface area contributed by atoms with Crippen LogP contribution in [0.2, 0.25) is 5.02 Å². The zero-order chi connectivity index (χ0) is 12.0. The quantitative estimate of drug-likeness (QED) is 0.824. The van der Waals surface area contributed by atoms with E-state index in [0.717, 1.165) is 24.3 Å². The van der Waals surface area contributed by atoms with Crippen molar-refractivity contribution in [2.24, 2.45) is 0 Å². The summed E-state index contributed by atoms with van der Waals surface area (Å²) in [5, 5.41) is 4.05. The molecule has 2 nitrogen and oxygen atoms in total. The van der Waals surface area contributed by atoms with Crippen LogP contribution < -0.4 is 10.1 Å². The smallest absolute Gasteiger partial charge is 0.137 e. The largest absolute Gasteiger partial charge is 0.490 e. The van der Waals surface area contributed by atoms with Gasteiger partial charge in [0.15, 0.2) is 0 Å². The molecule has 1 N–H and O–H groups in total. The molecule has 0 aliphatic heterocycles. The molecule has 90 valence electrons. The molecule has 1 unspecified atom stereocenters. The maximum atomic E-state index is 6.07. The van der Waals surface area contributed by atoms with Gasteiger partial charge >= 0.3 is 0 Å². The molecule has 3 heteroatoms. The molecule has 0 aliphatic rings. The predicted octanol–water partition coefficient (Wildman–Crippen LogP) is 3.42. The minimum atomic E-state index is 0.345. The van der Waals surface area contributed by atoms with Crippen molar-refractivity contribution in [2.75, 3.05) is 13.2 Å². The average Bonchev–Trinajstić information content (AvgIpc) is 2.25. The number of ether oxygens (including phenoxy) is 1. The molecule has 0 heterocycles. The van der Waals surface area contributed by atoms with Crippen LogP contribution in [0.25, 0.3) is 0 Å². The summed E-state index contributed by atoms with van der Waals surface area (Å²) in [6, 6.07) is 6.19. The Morgan fingerprint density at radius 2 is 2.19 bits per heavy atom. The van der Waals surface area contributed by atoms with Gasteiger partial charge in [-0.15, -0.1) is 0 Å². The maximum Gasteiger partial charge on any atom is 0.137 e. The topological polar surface area (TPSA) is 21.3 Å². The van der Waals surface area contributed by atoms with E-state index in [9.17, 15) is 0 Å². The van der Waals surface area contributed by atoms with Gasteiger partial charge in [0.2, 0.25) is 0 Å². The summed E-state index contributed by atoms with van der Waals surface area (Å²) in [4.78, 5) is 0. The molecule has 0 radical (unpaired) electrons. The SMILES string of the molecule is CCCNC(C)COc1ccc(C)cc1Cl. The number of halogens is 1. The molecule has 1 atom stereocenters. The first-order valence-corrected chi connectivity index (χ1v) is 6.13. The van der Waals surface area contributed by atoms with Gasteiger partial charge in [-0.1, -0.05) is 24.6 Å². The molecular formula is C13H20ClNO. The first kappa shape index (κ1) is 13.3. The van der Waals surface area contributed by atoms with Gasteiger partial charge in [0, 0.05) is 6.04 Å². The van der Waals surface area contributed by atoms with Crippen LogP contribution in [0.15, 0.2) is 18.2 Å². The van der Waals surface area contributed by atoms with Gasteiger partial charge in [-0.25, -0.2) is 0 Å². The monoisotopic (exact) mass is 241 g/mol. The summed E-state index contributed by atoms with van der Waals surface area (Å²) in [5.74, 6) is 0.761. The fraction of sp³-hybridized carbons (Fsp3) is 0.538. The van der Waals surface area contributed by atoms with Gasteiger partial charge in [-0.3, -0.25) is 0 Å². The number of benzene rings is 1. The number of aryl methyl sites for hydroxylation is 1. The molecular weight excluding hydrogens is 222 g/mol. The van der Waals surface area contributed by atoms with Crippen LogP contribution in [0.1, 0.15) is 25.8 Å². The second-order valence-corrected chi connectivity index (χ2v) is 4.51. The fourth-order valence-corrected chi connectivity index (χ4v) is 1.68. The summed E-state index contributed by atoms with van der Waals surface area (Å²) >= 11 is 6.07. The third-order valence-electron chi connectivity index (χ3n) is 2.32. The lowest BCUT2D eigenvalue weighted by molar-refractivity contribution is 0.274. The van der Waals surface area contributed by atoms with Crippen molar-refractivity contribution < 1.29 is 4.74 Å². The first-order valence-electron chi connectivity index (χ1n) is 5.75.